The maximum absolute atomic E-state index is 11.2. The zero-order chi connectivity index (χ0) is 9.14. The molecule has 0 spiro atoms. The van der Waals surface area contributed by atoms with E-state index in [-0.39, 0.29) is 17.9 Å². The highest BCUT2D eigenvalue weighted by molar-refractivity contribution is 5.87. The van der Waals surface area contributed by atoms with Crippen LogP contribution in [0, 0.1) is 0 Å². The van der Waals surface area contributed by atoms with Crippen LogP contribution in [0.5, 0.6) is 0 Å². The molecule has 0 aromatic rings. The highest BCUT2D eigenvalue weighted by Gasteiger charge is 2.30. The fourth-order valence-corrected chi connectivity index (χ4v) is 1.58. The molecule has 0 bridgehead atoms. The van der Waals surface area contributed by atoms with Crippen LogP contribution in [0.4, 0.5) is 4.79 Å². The summed E-state index contributed by atoms with van der Waals surface area (Å²) in [5.41, 5.74) is 0. The Kier molecular flexibility index (Phi) is 2.68. The number of Topliss-reactive ketones (excluding diaryl/α,β-unsaturated/α-hetero) is 1. The second kappa shape index (κ2) is 3.56. The molecule has 1 heterocycles. The Labute approximate surface area is 71.9 Å². The van der Waals surface area contributed by atoms with Crippen LogP contribution in [-0.4, -0.2) is 36.3 Å². The Morgan fingerprint density at radius 3 is 2.67 bits per heavy atom. The molecule has 1 rings (SSSR count). The van der Waals surface area contributed by atoms with E-state index in [1.165, 1.54) is 6.92 Å². The predicted molar refractivity (Wildman–Crippen MR) is 44.9 cm³/mol. The average Bonchev–Trinajstić information content (AvgIpc) is 2.50. The zero-order valence-corrected chi connectivity index (χ0v) is 7.46. The number of nitrogens with zero attached hydrogens (tertiary/aromatic N) is 1. The van der Waals surface area contributed by atoms with Crippen molar-refractivity contribution >= 4 is 11.8 Å². The van der Waals surface area contributed by atoms with E-state index in [1.807, 2.05) is 0 Å². The lowest BCUT2D eigenvalue weighted by Gasteiger charge is -2.21. The molecule has 4 heteroatoms. The summed E-state index contributed by atoms with van der Waals surface area (Å²) < 4.78 is 0. The molecular weight excluding hydrogens is 156 g/mol. The van der Waals surface area contributed by atoms with Gasteiger partial charge in [0, 0.05) is 13.6 Å². The summed E-state index contributed by atoms with van der Waals surface area (Å²) in [5.74, 6) is 0.0797. The Bertz CT molecular complexity index is 203. The second-order valence-electron chi connectivity index (χ2n) is 3.02. The van der Waals surface area contributed by atoms with Crippen LogP contribution in [-0.2, 0) is 4.79 Å². The molecule has 0 aliphatic carbocycles. The normalized spacial score (nSPS) is 22.5. The third-order valence-corrected chi connectivity index (χ3v) is 2.20. The lowest BCUT2D eigenvalue weighted by Crippen LogP contribution is -2.44. The van der Waals surface area contributed by atoms with Crippen LogP contribution in [0.3, 0.4) is 0 Å². The standard InChI is InChI=1S/C8H14N2O2/c1-6(11)7-4-3-5-10(7)8(12)9-2/h7H,3-5H2,1-2H3,(H,9,12). The summed E-state index contributed by atoms with van der Waals surface area (Å²) in [6.07, 6.45) is 1.74. The van der Waals surface area contributed by atoms with Crippen molar-refractivity contribution in [3.8, 4) is 0 Å². The Morgan fingerprint density at radius 2 is 2.17 bits per heavy atom. The first-order valence-corrected chi connectivity index (χ1v) is 4.15. The number of hydrogen-bond acceptors (Lipinski definition) is 2. The van der Waals surface area contributed by atoms with Gasteiger partial charge in [-0.3, -0.25) is 4.79 Å². The molecular formula is C8H14N2O2. The quantitative estimate of drug-likeness (QED) is 0.618. The van der Waals surface area contributed by atoms with Gasteiger partial charge in [-0.2, -0.15) is 0 Å². The summed E-state index contributed by atoms with van der Waals surface area (Å²) in [4.78, 5) is 23.8. The van der Waals surface area contributed by atoms with Crippen molar-refractivity contribution < 1.29 is 9.59 Å². The van der Waals surface area contributed by atoms with E-state index >= 15 is 0 Å². The Balaban J connectivity index is 2.63. The lowest BCUT2D eigenvalue weighted by atomic mass is 10.1. The number of urea groups is 1. The second-order valence-corrected chi connectivity index (χ2v) is 3.02. The predicted octanol–water partition coefficient (Wildman–Crippen LogP) is 0.379. The number of hydrogen-bond donors (Lipinski definition) is 1. The highest BCUT2D eigenvalue weighted by atomic mass is 16.2. The maximum Gasteiger partial charge on any atom is 0.317 e. The number of rotatable bonds is 1. The van der Waals surface area contributed by atoms with Crippen LogP contribution in [0.2, 0.25) is 0 Å². The first kappa shape index (κ1) is 9.03. The van der Waals surface area contributed by atoms with E-state index < -0.39 is 0 Å². The molecule has 12 heavy (non-hydrogen) atoms. The topological polar surface area (TPSA) is 49.4 Å². The summed E-state index contributed by atoms with van der Waals surface area (Å²) >= 11 is 0. The summed E-state index contributed by atoms with van der Waals surface area (Å²) in [6, 6.07) is -0.336. The molecule has 4 nitrogen and oxygen atoms in total. The van der Waals surface area contributed by atoms with Crippen molar-refractivity contribution in [1.82, 2.24) is 10.2 Å². The SMILES string of the molecule is CNC(=O)N1CCCC1C(C)=O. The van der Waals surface area contributed by atoms with Crippen LogP contribution < -0.4 is 5.32 Å². The Hall–Kier alpha value is -1.06. The molecule has 1 atom stereocenters. The highest BCUT2D eigenvalue weighted by Crippen LogP contribution is 2.17. The minimum absolute atomic E-state index is 0.0797. The van der Waals surface area contributed by atoms with Crippen molar-refractivity contribution in [2.75, 3.05) is 13.6 Å². The molecule has 1 saturated heterocycles. The number of carbonyl (C=O) groups is 2. The minimum atomic E-state index is -0.190. The van der Waals surface area contributed by atoms with Gasteiger partial charge in [0.1, 0.15) is 0 Å². The molecule has 1 unspecified atom stereocenters. The van der Waals surface area contributed by atoms with Crippen LogP contribution in [0.25, 0.3) is 0 Å². The fourth-order valence-electron chi connectivity index (χ4n) is 1.58. The van der Waals surface area contributed by atoms with E-state index in [9.17, 15) is 9.59 Å². The van der Waals surface area contributed by atoms with Crippen molar-refractivity contribution in [2.45, 2.75) is 25.8 Å². The lowest BCUT2D eigenvalue weighted by molar-refractivity contribution is -0.120. The number of nitrogens with one attached hydrogen (secondary N) is 1. The van der Waals surface area contributed by atoms with E-state index in [4.69, 9.17) is 0 Å². The fraction of sp³-hybridized carbons (Fsp3) is 0.750. The van der Waals surface area contributed by atoms with Gasteiger partial charge in [0.05, 0.1) is 6.04 Å². The molecule has 0 aromatic carbocycles. The average molecular weight is 170 g/mol. The summed E-state index contributed by atoms with van der Waals surface area (Å²) in [7, 11) is 1.58. The molecule has 1 aliphatic rings. The van der Waals surface area contributed by atoms with Gasteiger partial charge in [-0.15, -0.1) is 0 Å². The summed E-state index contributed by atoms with van der Waals surface area (Å²) in [5, 5.41) is 2.53. The molecule has 0 saturated carbocycles. The van der Waals surface area contributed by atoms with Gasteiger partial charge in [0.15, 0.2) is 5.78 Å². The molecule has 1 N–H and O–H groups in total. The largest absolute Gasteiger partial charge is 0.341 e. The minimum Gasteiger partial charge on any atom is -0.341 e. The van der Waals surface area contributed by atoms with Crippen molar-refractivity contribution in [3.05, 3.63) is 0 Å². The molecule has 2 amide bonds. The monoisotopic (exact) mass is 170 g/mol. The van der Waals surface area contributed by atoms with Gasteiger partial charge in [-0.25, -0.2) is 4.79 Å². The van der Waals surface area contributed by atoms with Gasteiger partial charge >= 0.3 is 6.03 Å². The molecule has 1 fully saturated rings. The van der Waals surface area contributed by atoms with Gasteiger partial charge in [0.2, 0.25) is 0 Å². The van der Waals surface area contributed by atoms with Crippen molar-refractivity contribution in [3.63, 3.8) is 0 Å². The zero-order valence-electron chi connectivity index (χ0n) is 7.46. The molecule has 68 valence electrons. The van der Waals surface area contributed by atoms with E-state index in [0.717, 1.165) is 12.8 Å². The smallest absolute Gasteiger partial charge is 0.317 e. The van der Waals surface area contributed by atoms with Crippen LogP contribution in [0.1, 0.15) is 19.8 Å². The van der Waals surface area contributed by atoms with Gasteiger partial charge in [0.25, 0.3) is 0 Å². The van der Waals surface area contributed by atoms with Crippen molar-refractivity contribution in [1.29, 1.82) is 0 Å². The number of likely N-dealkylation sites (tertiary alicyclic amines) is 1. The van der Waals surface area contributed by atoms with E-state index in [2.05, 4.69) is 5.32 Å². The first-order valence-electron chi connectivity index (χ1n) is 4.15. The number of carbonyl (C=O) groups excluding carboxylic acids is 2. The van der Waals surface area contributed by atoms with Crippen molar-refractivity contribution in [2.24, 2.45) is 0 Å². The molecule has 1 aliphatic heterocycles. The third-order valence-electron chi connectivity index (χ3n) is 2.20. The first-order chi connectivity index (χ1) is 5.66. The number of ketones is 1. The maximum atomic E-state index is 11.2. The number of amides is 2. The Morgan fingerprint density at radius 1 is 1.50 bits per heavy atom. The van der Waals surface area contributed by atoms with E-state index in [1.54, 1.807) is 11.9 Å². The molecule has 0 aromatic heterocycles. The third kappa shape index (κ3) is 1.57. The van der Waals surface area contributed by atoms with E-state index in [0.29, 0.717) is 6.54 Å². The van der Waals surface area contributed by atoms with Gasteiger partial charge in [-0.05, 0) is 19.8 Å². The van der Waals surface area contributed by atoms with Crippen LogP contribution in [0.15, 0.2) is 0 Å². The molecule has 0 radical (unpaired) electrons. The van der Waals surface area contributed by atoms with Crippen LogP contribution >= 0.6 is 0 Å². The van der Waals surface area contributed by atoms with Gasteiger partial charge < -0.3 is 10.2 Å². The van der Waals surface area contributed by atoms with Gasteiger partial charge in [-0.1, -0.05) is 0 Å². The summed E-state index contributed by atoms with van der Waals surface area (Å²) in [6.45, 7) is 2.23.